The Morgan fingerprint density at radius 2 is 1.69 bits per heavy atom. The molecule has 0 aliphatic rings. The van der Waals surface area contributed by atoms with Crippen LogP contribution in [-0.4, -0.2) is 23.5 Å². The maximum Gasteiger partial charge on any atom is 0.573 e. The van der Waals surface area contributed by atoms with Crippen molar-refractivity contribution in [1.82, 2.24) is 4.98 Å². The summed E-state index contributed by atoms with van der Waals surface area (Å²) in [5.41, 5.74) is 5.58. The Bertz CT molecular complexity index is 819. The van der Waals surface area contributed by atoms with Gasteiger partial charge in [-0.25, -0.2) is 8.78 Å². The SMILES string of the molecule is CC(COc1ccc(-c2ccnc(C(F)F)c2)cc1OC(F)(F)F)CC(C)(C)N. The number of pyridine rings is 1. The molecule has 0 radical (unpaired) electrons. The van der Waals surface area contributed by atoms with Gasteiger partial charge in [-0.3, -0.25) is 4.98 Å². The summed E-state index contributed by atoms with van der Waals surface area (Å²) in [5.74, 6) is -0.664. The monoisotopic (exact) mass is 418 g/mol. The van der Waals surface area contributed by atoms with Crippen LogP contribution in [-0.2, 0) is 0 Å². The van der Waals surface area contributed by atoms with Gasteiger partial charge in [-0.1, -0.05) is 13.0 Å². The Kier molecular flexibility index (Phi) is 7.05. The third-order valence-corrected chi connectivity index (χ3v) is 3.91. The summed E-state index contributed by atoms with van der Waals surface area (Å²) in [4.78, 5) is 3.55. The molecule has 1 aromatic heterocycles. The number of nitrogens with two attached hydrogens (primary N) is 1. The Balaban J connectivity index is 2.29. The Morgan fingerprint density at radius 1 is 1.03 bits per heavy atom. The van der Waals surface area contributed by atoms with E-state index in [2.05, 4.69) is 9.72 Å². The fourth-order valence-electron chi connectivity index (χ4n) is 2.95. The quantitative estimate of drug-likeness (QED) is 0.557. The van der Waals surface area contributed by atoms with Gasteiger partial charge >= 0.3 is 6.36 Å². The molecule has 0 spiro atoms. The highest BCUT2D eigenvalue weighted by atomic mass is 19.4. The average molecular weight is 418 g/mol. The van der Waals surface area contributed by atoms with Gasteiger partial charge < -0.3 is 15.2 Å². The van der Waals surface area contributed by atoms with Crippen LogP contribution in [0.3, 0.4) is 0 Å². The summed E-state index contributed by atoms with van der Waals surface area (Å²) in [6, 6.07) is 6.43. The first-order chi connectivity index (χ1) is 13.3. The number of hydrogen-bond donors (Lipinski definition) is 1. The molecule has 0 bridgehead atoms. The minimum absolute atomic E-state index is 0.0118. The van der Waals surface area contributed by atoms with Gasteiger partial charge in [-0.15, -0.1) is 13.2 Å². The van der Waals surface area contributed by atoms with Gasteiger partial charge in [-0.05, 0) is 61.6 Å². The number of benzene rings is 1. The zero-order valence-electron chi connectivity index (χ0n) is 16.3. The first-order valence-electron chi connectivity index (χ1n) is 8.90. The Morgan fingerprint density at radius 3 is 2.28 bits per heavy atom. The van der Waals surface area contributed by atoms with E-state index < -0.39 is 29.8 Å². The molecule has 9 heteroatoms. The van der Waals surface area contributed by atoms with Crippen LogP contribution in [0.25, 0.3) is 11.1 Å². The topological polar surface area (TPSA) is 57.4 Å². The number of nitrogens with zero attached hydrogens (tertiary/aromatic N) is 1. The molecule has 1 heterocycles. The molecule has 1 atom stereocenters. The van der Waals surface area contributed by atoms with Crippen LogP contribution < -0.4 is 15.2 Å². The normalized spacial score (nSPS) is 13.4. The van der Waals surface area contributed by atoms with E-state index in [1.54, 1.807) is 0 Å². The van der Waals surface area contributed by atoms with E-state index >= 15 is 0 Å². The van der Waals surface area contributed by atoms with Crippen LogP contribution in [0.15, 0.2) is 36.5 Å². The van der Waals surface area contributed by atoms with Crippen LogP contribution in [0.1, 0.15) is 39.3 Å². The van der Waals surface area contributed by atoms with Crippen molar-refractivity contribution >= 4 is 0 Å². The molecule has 2 N–H and O–H groups in total. The fraction of sp³-hybridized carbons (Fsp3) is 0.450. The van der Waals surface area contributed by atoms with Crippen LogP contribution in [0.2, 0.25) is 0 Å². The van der Waals surface area contributed by atoms with Crippen molar-refractivity contribution < 1.29 is 31.4 Å². The third kappa shape index (κ3) is 7.49. The van der Waals surface area contributed by atoms with Gasteiger partial charge in [0.2, 0.25) is 0 Å². The van der Waals surface area contributed by atoms with Gasteiger partial charge in [0.15, 0.2) is 11.5 Å². The van der Waals surface area contributed by atoms with Crippen molar-refractivity contribution in [1.29, 1.82) is 0 Å². The lowest BCUT2D eigenvalue weighted by Crippen LogP contribution is -2.35. The van der Waals surface area contributed by atoms with Crippen molar-refractivity contribution in [3.63, 3.8) is 0 Å². The number of alkyl halides is 5. The molecule has 0 aliphatic carbocycles. The zero-order valence-corrected chi connectivity index (χ0v) is 16.3. The van der Waals surface area contributed by atoms with E-state index in [0.717, 1.165) is 12.1 Å². The summed E-state index contributed by atoms with van der Waals surface area (Å²) in [6.45, 7) is 5.70. The summed E-state index contributed by atoms with van der Waals surface area (Å²) in [5, 5.41) is 0. The molecular weight excluding hydrogens is 395 g/mol. The lowest BCUT2D eigenvalue weighted by Gasteiger charge is -2.24. The van der Waals surface area contributed by atoms with Crippen molar-refractivity contribution in [2.24, 2.45) is 11.7 Å². The summed E-state index contributed by atoms with van der Waals surface area (Å²) in [6.07, 6.45) is -5.96. The second kappa shape index (κ2) is 8.94. The van der Waals surface area contributed by atoms with Gasteiger partial charge in [0, 0.05) is 11.7 Å². The van der Waals surface area contributed by atoms with Crippen molar-refractivity contribution in [3.8, 4) is 22.6 Å². The molecule has 0 saturated carbocycles. The molecular formula is C20H23F5N2O2. The number of rotatable bonds is 8. The molecule has 2 rings (SSSR count). The van der Waals surface area contributed by atoms with Crippen LogP contribution >= 0.6 is 0 Å². The van der Waals surface area contributed by atoms with Gasteiger partial charge in [0.25, 0.3) is 6.43 Å². The largest absolute Gasteiger partial charge is 0.573 e. The van der Waals surface area contributed by atoms with Gasteiger partial charge in [0.05, 0.1) is 6.61 Å². The van der Waals surface area contributed by atoms with Crippen LogP contribution in [0, 0.1) is 5.92 Å². The molecule has 0 aliphatic heterocycles. The molecule has 0 fully saturated rings. The lowest BCUT2D eigenvalue weighted by molar-refractivity contribution is -0.275. The molecule has 0 amide bonds. The lowest BCUT2D eigenvalue weighted by atomic mass is 9.93. The maximum absolute atomic E-state index is 12.9. The van der Waals surface area contributed by atoms with Crippen molar-refractivity contribution in [3.05, 3.63) is 42.2 Å². The van der Waals surface area contributed by atoms with Crippen LogP contribution in [0.5, 0.6) is 11.5 Å². The predicted molar refractivity (Wildman–Crippen MR) is 98.9 cm³/mol. The van der Waals surface area contributed by atoms with E-state index in [4.69, 9.17) is 10.5 Å². The van der Waals surface area contributed by atoms with Crippen molar-refractivity contribution in [2.75, 3.05) is 6.61 Å². The molecule has 4 nitrogen and oxygen atoms in total. The third-order valence-electron chi connectivity index (χ3n) is 3.91. The standard InChI is InChI=1S/C20H23F5N2O2/c1-12(10-19(2,3)26)11-28-16-5-4-13(9-17(16)29-20(23,24)25)14-6-7-27-15(8-14)18(21)22/h4-9,12,18H,10-11,26H2,1-3H3. The molecule has 2 aromatic rings. The Hall–Kier alpha value is -2.42. The molecule has 0 saturated heterocycles. The smallest absolute Gasteiger partial charge is 0.489 e. The molecule has 29 heavy (non-hydrogen) atoms. The molecule has 1 unspecified atom stereocenters. The van der Waals surface area contributed by atoms with E-state index in [1.165, 1.54) is 24.4 Å². The highest BCUT2D eigenvalue weighted by Crippen LogP contribution is 2.37. The summed E-state index contributed by atoms with van der Waals surface area (Å²) >= 11 is 0. The number of ether oxygens (including phenoxy) is 2. The highest BCUT2D eigenvalue weighted by molar-refractivity contribution is 5.67. The van der Waals surface area contributed by atoms with E-state index in [-0.39, 0.29) is 29.4 Å². The second-order valence-electron chi connectivity index (χ2n) is 7.59. The van der Waals surface area contributed by atoms with Crippen molar-refractivity contribution in [2.45, 2.75) is 45.5 Å². The maximum atomic E-state index is 12.9. The first-order valence-corrected chi connectivity index (χ1v) is 8.90. The van der Waals surface area contributed by atoms with Gasteiger partial charge in [0.1, 0.15) is 5.69 Å². The molecule has 160 valence electrons. The first kappa shape index (κ1) is 22.9. The van der Waals surface area contributed by atoms with E-state index in [9.17, 15) is 22.0 Å². The second-order valence-corrected chi connectivity index (χ2v) is 7.59. The highest BCUT2D eigenvalue weighted by Gasteiger charge is 2.33. The summed E-state index contributed by atoms with van der Waals surface area (Å²) < 4.78 is 73.9. The Labute approximate surface area is 165 Å². The summed E-state index contributed by atoms with van der Waals surface area (Å²) in [7, 11) is 0. The zero-order chi connectivity index (χ0) is 21.8. The van der Waals surface area contributed by atoms with E-state index in [0.29, 0.717) is 6.42 Å². The predicted octanol–water partition coefficient (Wildman–Crippen LogP) is 5.73. The number of halogens is 5. The number of hydrogen-bond acceptors (Lipinski definition) is 4. The minimum atomic E-state index is -4.94. The number of aromatic nitrogens is 1. The van der Waals surface area contributed by atoms with Gasteiger partial charge in [-0.2, -0.15) is 0 Å². The minimum Gasteiger partial charge on any atom is -0.489 e. The fourth-order valence-corrected chi connectivity index (χ4v) is 2.95. The van der Waals surface area contributed by atoms with Crippen LogP contribution in [0.4, 0.5) is 22.0 Å². The average Bonchev–Trinajstić information content (AvgIpc) is 2.58. The van der Waals surface area contributed by atoms with E-state index in [1.807, 2.05) is 20.8 Å². The molecule has 1 aromatic carbocycles.